The van der Waals surface area contributed by atoms with Crippen molar-refractivity contribution in [2.75, 3.05) is 0 Å². The Bertz CT molecular complexity index is 1140. The Morgan fingerprint density at radius 1 is 1.00 bits per heavy atom. The fourth-order valence-corrected chi connectivity index (χ4v) is 3.95. The Hall–Kier alpha value is -3.09. The lowest BCUT2D eigenvalue weighted by Gasteiger charge is -2.19. The largest absolute Gasteiger partial charge is 0.376 e. The molecule has 7 heteroatoms. The molecule has 0 aliphatic heterocycles. The van der Waals surface area contributed by atoms with Crippen LogP contribution in [0.15, 0.2) is 70.8 Å². The van der Waals surface area contributed by atoms with Crippen LogP contribution in [0.4, 0.5) is 0 Å². The summed E-state index contributed by atoms with van der Waals surface area (Å²) >= 11 is 7.60. The number of halogens is 1. The minimum Gasteiger partial charge on any atom is -0.376 e. The van der Waals surface area contributed by atoms with E-state index in [0.29, 0.717) is 23.2 Å². The molecule has 1 aliphatic rings. The lowest BCUT2D eigenvalue weighted by Crippen LogP contribution is -2.28. The first-order valence-corrected chi connectivity index (χ1v) is 10.1. The third-order valence-electron chi connectivity index (χ3n) is 4.60. The zero-order valence-corrected chi connectivity index (χ0v) is 16.7. The zero-order valence-electron chi connectivity index (χ0n) is 15.1. The Morgan fingerprint density at radius 2 is 1.69 bits per heavy atom. The van der Waals surface area contributed by atoms with Crippen molar-refractivity contribution in [2.45, 2.75) is 13.0 Å². The molecule has 2 aromatic carbocycles. The molecule has 5 nitrogen and oxygen atoms in total. The van der Waals surface area contributed by atoms with Gasteiger partial charge in [0.05, 0.1) is 6.42 Å². The van der Waals surface area contributed by atoms with Gasteiger partial charge in [-0.15, -0.1) is 11.3 Å². The van der Waals surface area contributed by atoms with Gasteiger partial charge in [0.2, 0.25) is 11.6 Å². The van der Waals surface area contributed by atoms with Crippen molar-refractivity contribution in [3.05, 3.63) is 98.1 Å². The van der Waals surface area contributed by atoms with E-state index in [9.17, 15) is 14.4 Å². The molecule has 1 N–H and O–H groups in total. The van der Waals surface area contributed by atoms with Crippen LogP contribution in [0.5, 0.6) is 0 Å². The average Bonchev–Trinajstić information content (AvgIpc) is 3.25. The van der Waals surface area contributed by atoms with Crippen LogP contribution in [0.2, 0.25) is 0 Å². The number of ketones is 3. The highest BCUT2D eigenvalue weighted by atomic mass is 35.5. The Morgan fingerprint density at radius 3 is 2.34 bits per heavy atom. The second-order valence-corrected chi connectivity index (χ2v) is 7.83. The molecule has 29 heavy (non-hydrogen) atoms. The van der Waals surface area contributed by atoms with Crippen LogP contribution in [0.25, 0.3) is 0 Å². The first-order valence-electron chi connectivity index (χ1n) is 8.87. The molecule has 1 heterocycles. The van der Waals surface area contributed by atoms with Gasteiger partial charge in [-0.1, -0.05) is 60.1 Å². The van der Waals surface area contributed by atoms with Crippen molar-refractivity contribution in [1.29, 1.82) is 0 Å². The van der Waals surface area contributed by atoms with Crippen LogP contribution < -0.4 is 5.32 Å². The van der Waals surface area contributed by atoms with Gasteiger partial charge in [-0.2, -0.15) is 0 Å². The van der Waals surface area contributed by atoms with E-state index in [4.69, 9.17) is 11.6 Å². The van der Waals surface area contributed by atoms with Crippen molar-refractivity contribution in [3.8, 4) is 0 Å². The van der Waals surface area contributed by atoms with Crippen molar-refractivity contribution < 1.29 is 14.4 Å². The Kier molecular flexibility index (Phi) is 5.38. The van der Waals surface area contributed by atoms with Crippen molar-refractivity contribution in [1.82, 2.24) is 10.3 Å². The van der Waals surface area contributed by atoms with Crippen LogP contribution in [-0.2, 0) is 13.0 Å². The molecule has 3 aromatic rings. The van der Waals surface area contributed by atoms with E-state index in [2.05, 4.69) is 10.3 Å². The number of Topliss-reactive ketones (excluding diaryl/α,β-unsaturated/α-hetero) is 3. The van der Waals surface area contributed by atoms with E-state index < -0.39 is 0 Å². The molecule has 0 saturated carbocycles. The zero-order chi connectivity index (χ0) is 20.4. The van der Waals surface area contributed by atoms with Gasteiger partial charge < -0.3 is 5.32 Å². The van der Waals surface area contributed by atoms with Crippen LogP contribution in [0, 0.1) is 0 Å². The van der Waals surface area contributed by atoms with E-state index in [0.717, 1.165) is 10.6 Å². The van der Waals surface area contributed by atoms with Crippen LogP contribution in [-0.4, -0.2) is 22.3 Å². The third kappa shape index (κ3) is 3.90. The highest BCUT2D eigenvalue weighted by molar-refractivity contribution is 7.09. The van der Waals surface area contributed by atoms with E-state index in [-0.39, 0.29) is 34.5 Å². The molecule has 144 valence electrons. The number of nitrogens with one attached hydrogen (secondary N) is 1. The monoisotopic (exact) mass is 422 g/mol. The normalized spacial score (nSPS) is 13.4. The summed E-state index contributed by atoms with van der Waals surface area (Å²) < 4.78 is 0. The molecule has 0 saturated heterocycles. The van der Waals surface area contributed by atoms with Gasteiger partial charge in [0.15, 0.2) is 5.78 Å². The maximum Gasteiger partial charge on any atom is 0.211 e. The van der Waals surface area contributed by atoms with Gasteiger partial charge >= 0.3 is 0 Å². The standard InChI is InChI=1S/C22H15ClN2O3S/c23-19-20(22(28)16-4-2-1-3-15(16)21(19)27)25-12-13-5-7-14(8-6-13)17(26)11-18-24-9-10-29-18/h1-10,25H,11-12H2. The highest BCUT2D eigenvalue weighted by Crippen LogP contribution is 2.27. The molecule has 0 atom stereocenters. The molecular weight excluding hydrogens is 408 g/mol. The molecule has 1 aliphatic carbocycles. The van der Waals surface area contributed by atoms with E-state index in [1.54, 1.807) is 54.7 Å². The van der Waals surface area contributed by atoms with Gasteiger partial charge in [0, 0.05) is 34.8 Å². The predicted octanol–water partition coefficient (Wildman–Crippen LogP) is 4.19. The number of fused-ring (bicyclic) bond motifs is 1. The van der Waals surface area contributed by atoms with E-state index in [1.807, 2.05) is 5.38 Å². The molecule has 0 spiro atoms. The van der Waals surface area contributed by atoms with Crippen LogP contribution >= 0.6 is 22.9 Å². The van der Waals surface area contributed by atoms with Crippen molar-refractivity contribution in [2.24, 2.45) is 0 Å². The summed E-state index contributed by atoms with van der Waals surface area (Å²) in [5.74, 6) is -0.678. The van der Waals surface area contributed by atoms with Gasteiger partial charge in [-0.05, 0) is 5.56 Å². The smallest absolute Gasteiger partial charge is 0.211 e. The minimum absolute atomic E-state index is 0.00475. The average molecular weight is 423 g/mol. The number of hydrogen-bond acceptors (Lipinski definition) is 6. The lowest BCUT2D eigenvalue weighted by molar-refractivity contribution is 0.0974. The summed E-state index contributed by atoms with van der Waals surface area (Å²) in [6.45, 7) is 0.299. The fourth-order valence-electron chi connectivity index (χ4n) is 3.08. The third-order valence-corrected chi connectivity index (χ3v) is 5.74. The molecule has 0 amide bonds. The second-order valence-electron chi connectivity index (χ2n) is 6.47. The quantitative estimate of drug-likeness (QED) is 0.603. The maximum absolute atomic E-state index is 12.7. The molecular formula is C22H15ClN2O3S. The Labute approximate surface area is 176 Å². The summed E-state index contributed by atoms with van der Waals surface area (Å²) in [6, 6.07) is 13.7. The lowest BCUT2D eigenvalue weighted by atomic mass is 9.92. The molecule has 4 rings (SSSR count). The number of rotatable bonds is 6. The summed E-state index contributed by atoms with van der Waals surface area (Å²) in [6.07, 6.45) is 1.95. The number of aromatic nitrogens is 1. The minimum atomic E-state index is -0.368. The molecule has 1 aromatic heterocycles. The number of thiazole rings is 1. The summed E-state index contributed by atoms with van der Waals surface area (Å²) in [5.41, 5.74) is 2.20. The van der Waals surface area contributed by atoms with Gasteiger partial charge in [-0.25, -0.2) is 4.98 Å². The van der Waals surface area contributed by atoms with Crippen molar-refractivity contribution in [3.63, 3.8) is 0 Å². The molecule has 0 fully saturated rings. The van der Waals surface area contributed by atoms with Gasteiger partial charge in [0.25, 0.3) is 0 Å². The van der Waals surface area contributed by atoms with Gasteiger partial charge in [0.1, 0.15) is 15.7 Å². The second kappa shape index (κ2) is 8.11. The van der Waals surface area contributed by atoms with E-state index >= 15 is 0 Å². The molecule has 0 unspecified atom stereocenters. The number of benzene rings is 2. The predicted molar refractivity (Wildman–Crippen MR) is 111 cm³/mol. The number of nitrogens with zero attached hydrogens (tertiary/aromatic N) is 1. The topological polar surface area (TPSA) is 76.1 Å². The first-order chi connectivity index (χ1) is 14.0. The highest BCUT2D eigenvalue weighted by Gasteiger charge is 2.30. The summed E-state index contributed by atoms with van der Waals surface area (Å²) in [4.78, 5) is 41.5. The fraction of sp³-hybridized carbons (Fsp3) is 0.0909. The van der Waals surface area contributed by atoms with Crippen LogP contribution in [0.1, 0.15) is 41.6 Å². The number of hydrogen-bond donors (Lipinski definition) is 1. The first kappa shape index (κ1) is 19.2. The van der Waals surface area contributed by atoms with Crippen molar-refractivity contribution >= 4 is 40.3 Å². The van der Waals surface area contributed by atoms with Gasteiger partial charge in [-0.3, -0.25) is 14.4 Å². The maximum atomic E-state index is 12.7. The number of allylic oxidation sites excluding steroid dienone is 2. The summed E-state index contributed by atoms with van der Waals surface area (Å²) in [7, 11) is 0. The Balaban J connectivity index is 1.45. The molecule has 0 bridgehead atoms. The van der Waals surface area contributed by atoms with E-state index in [1.165, 1.54) is 11.3 Å². The number of carbonyl (C=O) groups is 3. The molecule has 0 radical (unpaired) electrons. The number of carbonyl (C=O) groups excluding carboxylic acids is 3. The summed E-state index contributed by atoms with van der Waals surface area (Å²) in [5, 5.41) is 5.49. The SMILES string of the molecule is O=C(Cc1nccs1)c1ccc(CNC2=C(Cl)C(=O)c3ccccc3C2=O)cc1. The van der Waals surface area contributed by atoms with Crippen LogP contribution in [0.3, 0.4) is 0 Å².